The fourth-order valence-corrected chi connectivity index (χ4v) is 2.54. The van der Waals surface area contributed by atoms with Crippen LogP contribution in [0.3, 0.4) is 0 Å². The van der Waals surface area contributed by atoms with Crippen molar-refractivity contribution in [3.63, 3.8) is 0 Å². The van der Waals surface area contributed by atoms with E-state index in [-0.39, 0.29) is 5.78 Å². The number of methoxy groups -OCH3 is 1. The van der Waals surface area contributed by atoms with Crippen molar-refractivity contribution in [2.75, 3.05) is 7.11 Å². The Morgan fingerprint density at radius 3 is 2.38 bits per heavy atom. The molecule has 2 rings (SSSR count). The van der Waals surface area contributed by atoms with Crippen LogP contribution in [0.4, 0.5) is 0 Å². The van der Waals surface area contributed by atoms with Gasteiger partial charge in [0.1, 0.15) is 5.75 Å². The topological polar surface area (TPSA) is 26.3 Å². The van der Waals surface area contributed by atoms with E-state index >= 15 is 0 Å². The summed E-state index contributed by atoms with van der Waals surface area (Å²) in [6.45, 7) is 4.32. The summed E-state index contributed by atoms with van der Waals surface area (Å²) in [5.74, 6) is 1.17. The summed E-state index contributed by atoms with van der Waals surface area (Å²) in [6.07, 6.45) is 0.385. The molecular formula is C18H19BrO2. The molecule has 0 heterocycles. The summed E-state index contributed by atoms with van der Waals surface area (Å²) < 4.78 is 6.18. The highest BCUT2D eigenvalue weighted by atomic mass is 79.9. The van der Waals surface area contributed by atoms with Crippen LogP contribution >= 0.6 is 15.9 Å². The van der Waals surface area contributed by atoms with Gasteiger partial charge in [-0.15, -0.1) is 0 Å². The maximum absolute atomic E-state index is 12.4. The van der Waals surface area contributed by atoms with Crippen molar-refractivity contribution in [1.82, 2.24) is 0 Å². The third-order valence-electron chi connectivity index (χ3n) is 3.48. The van der Waals surface area contributed by atoms with E-state index in [1.807, 2.05) is 24.3 Å². The van der Waals surface area contributed by atoms with Crippen LogP contribution in [0.1, 0.15) is 41.3 Å². The summed E-state index contributed by atoms with van der Waals surface area (Å²) >= 11 is 3.38. The molecular weight excluding hydrogens is 328 g/mol. The smallest absolute Gasteiger partial charge is 0.170 e. The van der Waals surface area contributed by atoms with Gasteiger partial charge in [0.15, 0.2) is 5.78 Å². The maximum Gasteiger partial charge on any atom is 0.170 e. The molecule has 3 heteroatoms. The normalized spacial score (nSPS) is 10.7. The number of halogens is 1. The van der Waals surface area contributed by atoms with Crippen LogP contribution < -0.4 is 4.74 Å². The van der Waals surface area contributed by atoms with Crippen LogP contribution in [0.5, 0.6) is 5.75 Å². The van der Waals surface area contributed by atoms with Crippen molar-refractivity contribution in [2.24, 2.45) is 0 Å². The fourth-order valence-electron chi connectivity index (χ4n) is 2.20. The van der Waals surface area contributed by atoms with E-state index in [0.29, 0.717) is 23.7 Å². The van der Waals surface area contributed by atoms with Crippen molar-refractivity contribution in [1.29, 1.82) is 0 Å². The predicted octanol–water partition coefficient (Wildman–Crippen LogP) is 5.01. The van der Waals surface area contributed by atoms with Crippen molar-refractivity contribution in [2.45, 2.75) is 26.2 Å². The summed E-state index contributed by atoms with van der Waals surface area (Å²) in [6, 6.07) is 13.7. The van der Waals surface area contributed by atoms with Crippen molar-refractivity contribution in [3.05, 3.63) is 63.6 Å². The summed E-state index contributed by atoms with van der Waals surface area (Å²) in [7, 11) is 1.58. The molecule has 2 nitrogen and oxygen atoms in total. The van der Waals surface area contributed by atoms with Gasteiger partial charge in [0.25, 0.3) is 0 Å². The summed E-state index contributed by atoms with van der Waals surface area (Å²) in [4.78, 5) is 12.4. The van der Waals surface area contributed by atoms with E-state index in [9.17, 15) is 4.79 Å². The lowest BCUT2D eigenvalue weighted by molar-refractivity contribution is 0.0990. The van der Waals surface area contributed by atoms with Gasteiger partial charge in [-0.2, -0.15) is 0 Å². The summed E-state index contributed by atoms with van der Waals surface area (Å²) in [5.41, 5.74) is 2.93. The number of Topliss-reactive ketones (excluding diaryl/α,β-unsaturated/α-hetero) is 1. The van der Waals surface area contributed by atoms with E-state index in [1.165, 1.54) is 5.56 Å². The molecule has 0 N–H and O–H groups in total. The molecule has 0 aliphatic rings. The Labute approximate surface area is 134 Å². The lowest BCUT2D eigenvalue weighted by Gasteiger charge is -2.09. The van der Waals surface area contributed by atoms with Crippen LogP contribution in [-0.2, 0) is 6.42 Å². The minimum Gasteiger partial charge on any atom is -0.496 e. The average Bonchev–Trinajstić information content (AvgIpc) is 2.47. The Hall–Kier alpha value is -1.61. The number of ketones is 1. The minimum absolute atomic E-state index is 0.0663. The molecule has 2 aromatic rings. The molecule has 2 aromatic carbocycles. The van der Waals surface area contributed by atoms with E-state index in [1.54, 1.807) is 13.2 Å². The van der Waals surface area contributed by atoms with Crippen LogP contribution in [-0.4, -0.2) is 12.9 Å². The Balaban J connectivity index is 2.18. The monoisotopic (exact) mass is 346 g/mol. The Morgan fingerprint density at radius 1 is 1.14 bits per heavy atom. The standard InChI is InChI=1S/C18H19BrO2/c1-12(2)14-6-4-13(5-7-14)10-17(20)16-9-8-15(19)11-18(16)21-3/h4-9,11-12H,10H2,1-3H3. The molecule has 0 spiro atoms. The first-order valence-corrected chi connectivity index (χ1v) is 7.76. The highest BCUT2D eigenvalue weighted by molar-refractivity contribution is 9.10. The molecule has 0 amide bonds. The molecule has 0 radical (unpaired) electrons. The van der Waals surface area contributed by atoms with E-state index in [2.05, 4.69) is 41.9 Å². The predicted molar refractivity (Wildman–Crippen MR) is 89.3 cm³/mol. The number of hydrogen-bond donors (Lipinski definition) is 0. The van der Waals surface area contributed by atoms with Crippen molar-refractivity contribution in [3.8, 4) is 5.75 Å². The van der Waals surface area contributed by atoms with Gasteiger partial charge in [0.2, 0.25) is 0 Å². The quantitative estimate of drug-likeness (QED) is 0.711. The number of ether oxygens (including phenoxy) is 1. The molecule has 0 aliphatic heterocycles. The minimum atomic E-state index is 0.0663. The Morgan fingerprint density at radius 2 is 1.81 bits per heavy atom. The molecule has 0 saturated carbocycles. The van der Waals surface area contributed by atoms with Gasteiger partial charge < -0.3 is 4.74 Å². The lowest BCUT2D eigenvalue weighted by atomic mass is 9.98. The second kappa shape index (κ2) is 6.90. The SMILES string of the molecule is COc1cc(Br)ccc1C(=O)Cc1ccc(C(C)C)cc1. The average molecular weight is 347 g/mol. The van der Waals surface area contributed by atoms with Gasteiger partial charge in [0, 0.05) is 10.9 Å². The Bertz CT molecular complexity index is 630. The lowest BCUT2D eigenvalue weighted by Crippen LogP contribution is -2.06. The molecule has 21 heavy (non-hydrogen) atoms. The highest BCUT2D eigenvalue weighted by Crippen LogP contribution is 2.25. The molecule has 0 bridgehead atoms. The van der Waals surface area contributed by atoms with Crippen LogP contribution in [0.15, 0.2) is 46.9 Å². The van der Waals surface area contributed by atoms with Gasteiger partial charge in [-0.3, -0.25) is 4.79 Å². The number of carbonyl (C=O) groups is 1. The molecule has 0 atom stereocenters. The maximum atomic E-state index is 12.4. The molecule has 0 saturated heterocycles. The zero-order chi connectivity index (χ0) is 15.4. The first-order valence-electron chi connectivity index (χ1n) is 6.97. The van der Waals surface area contributed by atoms with Crippen molar-refractivity contribution >= 4 is 21.7 Å². The van der Waals surface area contributed by atoms with Crippen LogP contribution in [0.25, 0.3) is 0 Å². The third kappa shape index (κ3) is 3.94. The van der Waals surface area contributed by atoms with E-state index < -0.39 is 0 Å². The van der Waals surface area contributed by atoms with Gasteiger partial charge in [-0.05, 0) is 35.2 Å². The third-order valence-corrected chi connectivity index (χ3v) is 3.97. The zero-order valence-electron chi connectivity index (χ0n) is 12.5. The molecule has 0 unspecified atom stereocenters. The molecule has 0 aliphatic carbocycles. The number of hydrogen-bond acceptors (Lipinski definition) is 2. The molecule has 0 aromatic heterocycles. The highest BCUT2D eigenvalue weighted by Gasteiger charge is 2.13. The number of rotatable bonds is 5. The fraction of sp³-hybridized carbons (Fsp3) is 0.278. The second-order valence-electron chi connectivity index (χ2n) is 5.34. The van der Waals surface area contributed by atoms with Crippen LogP contribution in [0, 0.1) is 0 Å². The zero-order valence-corrected chi connectivity index (χ0v) is 14.1. The van der Waals surface area contributed by atoms with Crippen molar-refractivity contribution < 1.29 is 9.53 Å². The number of benzene rings is 2. The number of carbonyl (C=O) groups excluding carboxylic acids is 1. The van der Waals surface area contributed by atoms with Gasteiger partial charge in [-0.1, -0.05) is 54.0 Å². The van der Waals surface area contributed by atoms with Gasteiger partial charge in [0.05, 0.1) is 12.7 Å². The first kappa shape index (κ1) is 15.8. The van der Waals surface area contributed by atoms with Gasteiger partial charge >= 0.3 is 0 Å². The van der Waals surface area contributed by atoms with Gasteiger partial charge in [-0.25, -0.2) is 0 Å². The first-order chi connectivity index (χ1) is 10.0. The Kier molecular flexibility index (Phi) is 5.18. The second-order valence-corrected chi connectivity index (χ2v) is 6.26. The van der Waals surface area contributed by atoms with E-state index in [0.717, 1.165) is 10.0 Å². The molecule has 110 valence electrons. The largest absolute Gasteiger partial charge is 0.496 e. The summed E-state index contributed by atoms with van der Waals surface area (Å²) in [5, 5.41) is 0. The van der Waals surface area contributed by atoms with E-state index in [4.69, 9.17) is 4.74 Å². The van der Waals surface area contributed by atoms with Crippen LogP contribution in [0.2, 0.25) is 0 Å². The molecule has 0 fully saturated rings.